The van der Waals surface area contributed by atoms with Gasteiger partial charge in [0, 0.05) is 11.6 Å². The summed E-state index contributed by atoms with van der Waals surface area (Å²) in [6, 6.07) is 4.61. The maximum absolute atomic E-state index is 13.0. The first-order chi connectivity index (χ1) is 17.5. The highest BCUT2D eigenvalue weighted by Crippen LogP contribution is 2.44. The van der Waals surface area contributed by atoms with Gasteiger partial charge in [0.1, 0.15) is 29.3 Å². The van der Waals surface area contributed by atoms with Crippen molar-refractivity contribution in [3.63, 3.8) is 0 Å². The van der Waals surface area contributed by atoms with Gasteiger partial charge in [-0.2, -0.15) is 0 Å². The second-order valence-electron chi connectivity index (χ2n) is 7.98. The number of hydrogen-bond donors (Lipinski definition) is 7. The first kappa shape index (κ1) is 25.8. The van der Waals surface area contributed by atoms with E-state index in [1.807, 2.05) is 0 Å². The summed E-state index contributed by atoms with van der Waals surface area (Å²) in [6.07, 6.45) is -9.38. The molecule has 198 valence electrons. The average molecular weight is 522 g/mol. The molecule has 3 aromatic rings. The number of carboxylic acids is 1. The zero-order chi connectivity index (χ0) is 27.2. The molecule has 14 heteroatoms. The number of ether oxygens (including phenoxy) is 4. The number of carboxylic acid groups (broad SMARTS) is 1. The largest absolute Gasteiger partial charge is 0.504 e. The average Bonchev–Trinajstić information content (AvgIpc) is 2.84. The van der Waals surface area contributed by atoms with Gasteiger partial charge < -0.3 is 59.1 Å². The lowest BCUT2D eigenvalue weighted by atomic mass is 9.99. The predicted molar refractivity (Wildman–Crippen MR) is 121 cm³/mol. The fraction of sp³-hybridized carbons (Fsp3) is 0.304. The molecule has 0 radical (unpaired) electrons. The standard InChI is InChI=1S/C23H22O14/c1-33-19-9(25)6-11-12(13(19)26)14(27)20(34-2)18(35-11)7-3-4-10(8(24)5-7)36-23-17(30)15(28)16(29)21(37-23)22(31)32/h3-6,15-17,21,23-26,28-30H,1-2H3,(H,31,32)/t15-,16-,17+,21+,23+/m1/s1. The minimum absolute atomic E-state index is 0.0829. The number of aliphatic hydroxyl groups excluding tert-OH is 3. The molecule has 2 heterocycles. The van der Waals surface area contributed by atoms with Crippen LogP contribution in [0.4, 0.5) is 0 Å². The zero-order valence-corrected chi connectivity index (χ0v) is 19.2. The molecule has 0 amide bonds. The molecule has 7 N–H and O–H groups in total. The molecule has 4 rings (SSSR count). The molecule has 1 aliphatic rings. The van der Waals surface area contributed by atoms with Gasteiger partial charge in [-0.15, -0.1) is 0 Å². The molecule has 0 saturated carbocycles. The number of aliphatic hydroxyl groups is 3. The number of carbonyl (C=O) groups is 1. The van der Waals surface area contributed by atoms with Crippen LogP contribution >= 0.6 is 0 Å². The summed E-state index contributed by atoms with van der Waals surface area (Å²) in [5.74, 6) is -4.56. The number of benzene rings is 2. The van der Waals surface area contributed by atoms with Gasteiger partial charge in [-0.1, -0.05) is 0 Å². The number of aliphatic carboxylic acids is 1. The van der Waals surface area contributed by atoms with Crippen LogP contribution in [-0.2, 0) is 9.53 Å². The van der Waals surface area contributed by atoms with Gasteiger partial charge in [-0.25, -0.2) is 4.79 Å². The summed E-state index contributed by atoms with van der Waals surface area (Å²) in [5.41, 5.74) is -0.942. The van der Waals surface area contributed by atoms with Crippen molar-refractivity contribution in [2.24, 2.45) is 0 Å². The molecule has 1 aromatic heterocycles. The van der Waals surface area contributed by atoms with Gasteiger partial charge in [0.25, 0.3) is 0 Å². The van der Waals surface area contributed by atoms with Crippen LogP contribution in [0.5, 0.6) is 34.5 Å². The topological polar surface area (TPSA) is 226 Å². The van der Waals surface area contributed by atoms with Crippen LogP contribution in [0.1, 0.15) is 0 Å². The van der Waals surface area contributed by atoms with Gasteiger partial charge in [0.2, 0.25) is 23.2 Å². The van der Waals surface area contributed by atoms with Crippen molar-refractivity contribution in [2.75, 3.05) is 14.2 Å². The van der Waals surface area contributed by atoms with Crippen LogP contribution in [0, 0.1) is 0 Å². The Morgan fingerprint density at radius 1 is 0.919 bits per heavy atom. The molecule has 1 aliphatic heterocycles. The van der Waals surface area contributed by atoms with Crippen molar-refractivity contribution in [1.29, 1.82) is 0 Å². The summed E-state index contributed by atoms with van der Waals surface area (Å²) < 4.78 is 26.1. The van der Waals surface area contributed by atoms with Crippen molar-refractivity contribution in [3.05, 3.63) is 34.5 Å². The van der Waals surface area contributed by atoms with E-state index in [1.54, 1.807) is 0 Å². The van der Waals surface area contributed by atoms with Crippen molar-refractivity contribution >= 4 is 16.9 Å². The van der Waals surface area contributed by atoms with E-state index in [9.17, 15) is 40.2 Å². The van der Waals surface area contributed by atoms with Crippen LogP contribution in [0.3, 0.4) is 0 Å². The quantitative estimate of drug-likeness (QED) is 0.224. The molecule has 0 spiro atoms. The summed E-state index contributed by atoms with van der Waals surface area (Å²) >= 11 is 0. The molecule has 1 fully saturated rings. The highest BCUT2D eigenvalue weighted by atomic mass is 16.7. The number of hydrogen-bond acceptors (Lipinski definition) is 13. The van der Waals surface area contributed by atoms with Crippen LogP contribution in [0.15, 0.2) is 33.5 Å². The van der Waals surface area contributed by atoms with Crippen molar-refractivity contribution < 1.29 is 63.9 Å². The van der Waals surface area contributed by atoms with E-state index >= 15 is 0 Å². The Morgan fingerprint density at radius 3 is 2.19 bits per heavy atom. The second kappa shape index (κ2) is 9.67. The molecule has 5 atom stereocenters. The third-order valence-corrected chi connectivity index (χ3v) is 5.74. The highest BCUT2D eigenvalue weighted by Gasteiger charge is 2.48. The second-order valence-corrected chi connectivity index (χ2v) is 7.98. The molecule has 0 aliphatic carbocycles. The number of phenols is 3. The van der Waals surface area contributed by atoms with E-state index in [0.29, 0.717) is 0 Å². The fourth-order valence-electron chi connectivity index (χ4n) is 3.90. The number of aromatic hydroxyl groups is 3. The lowest BCUT2D eigenvalue weighted by Gasteiger charge is -2.38. The van der Waals surface area contributed by atoms with Crippen LogP contribution in [0.2, 0.25) is 0 Å². The van der Waals surface area contributed by atoms with Crippen molar-refractivity contribution in [3.8, 4) is 45.8 Å². The Morgan fingerprint density at radius 2 is 1.59 bits per heavy atom. The van der Waals surface area contributed by atoms with E-state index in [2.05, 4.69) is 0 Å². The Kier molecular flexibility index (Phi) is 6.75. The van der Waals surface area contributed by atoms with E-state index < -0.39 is 59.4 Å². The summed E-state index contributed by atoms with van der Waals surface area (Å²) in [6.45, 7) is 0. The number of rotatable bonds is 6. The summed E-state index contributed by atoms with van der Waals surface area (Å²) in [5, 5.41) is 69.6. The number of phenolic OH excluding ortho intramolecular Hbond substituents is 3. The highest BCUT2D eigenvalue weighted by molar-refractivity contribution is 5.91. The van der Waals surface area contributed by atoms with Gasteiger partial charge >= 0.3 is 5.97 Å². The van der Waals surface area contributed by atoms with Crippen LogP contribution in [-0.4, -0.2) is 86.6 Å². The lowest BCUT2D eigenvalue weighted by molar-refractivity contribution is -0.271. The minimum atomic E-state index is -1.93. The molecular formula is C23H22O14. The third-order valence-electron chi connectivity index (χ3n) is 5.74. The van der Waals surface area contributed by atoms with E-state index in [1.165, 1.54) is 26.4 Å². The zero-order valence-electron chi connectivity index (χ0n) is 19.2. The number of fused-ring (bicyclic) bond motifs is 1. The van der Waals surface area contributed by atoms with E-state index in [4.69, 9.17) is 28.5 Å². The van der Waals surface area contributed by atoms with E-state index in [0.717, 1.165) is 12.1 Å². The third kappa shape index (κ3) is 4.31. The number of methoxy groups -OCH3 is 2. The molecule has 2 aromatic carbocycles. The molecular weight excluding hydrogens is 500 g/mol. The Balaban J connectivity index is 1.73. The van der Waals surface area contributed by atoms with Gasteiger partial charge in [0.15, 0.2) is 34.9 Å². The van der Waals surface area contributed by atoms with Crippen LogP contribution < -0.4 is 19.6 Å². The molecule has 14 nitrogen and oxygen atoms in total. The predicted octanol–water partition coefficient (Wildman–Crippen LogP) is -0.135. The Labute approximate surface area is 206 Å². The summed E-state index contributed by atoms with van der Waals surface area (Å²) in [4.78, 5) is 24.3. The molecule has 0 bridgehead atoms. The van der Waals surface area contributed by atoms with Gasteiger partial charge in [0.05, 0.1) is 14.2 Å². The van der Waals surface area contributed by atoms with Gasteiger partial charge in [-0.05, 0) is 18.2 Å². The van der Waals surface area contributed by atoms with E-state index in [-0.39, 0.29) is 39.5 Å². The maximum Gasteiger partial charge on any atom is 0.335 e. The fourth-order valence-corrected chi connectivity index (χ4v) is 3.90. The summed E-state index contributed by atoms with van der Waals surface area (Å²) in [7, 11) is 2.36. The first-order valence-corrected chi connectivity index (χ1v) is 10.6. The molecule has 1 saturated heterocycles. The maximum atomic E-state index is 13.0. The Hall–Kier alpha value is -4.24. The molecule has 0 unspecified atom stereocenters. The first-order valence-electron chi connectivity index (χ1n) is 10.6. The van der Waals surface area contributed by atoms with Crippen molar-refractivity contribution in [2.45, 2.75) is 30.7 Å². The molecule has 37 heavy (non-hydrogen) atoms. The van der Waals surface area contributed by atoms with Crippen LogP contribution in [0.25, 0.3) is 22.3 Å². The Bertz CT molecular complexity index is 1410. The lowest BCUT2D eigenvalue weighted by Crippen LogP contribution is -2.61. The van der Waals surface area contributed by atoms with Crippen molar-refractivity contribution in [1.82, 2.24) is 0 Å². The van der Waals surface area contributed by atoms with Gasteiger partial charge in [-0.3, -0.25) is 4.79 Å². The normalized spacial score (nSPS) is 23.5. The SMILES string of the molecule is COc1c(O)cc2oc(-c3ccc(O[C@H]4O[C@H](C(=O)O)[C@H](O)[C@@H](O)[C@@H]4O)c(O)c3)c(OC)c(=O)c2c1O. The monoisotopic (exact) mass is 522 g/mol. The smallest absolute Gasteiger partial charge is 0.335 e. The minimum Gasteiger partial charge on any atom is -0.504 e.